The number of rotatable bonds is 0. The van der Waals surface area contributed by atoms with E-state index in [2.05, 4.69) is 0 Å². The molecule has 0 saturated heterocycles. The zero-order chi connectivity index (χ0) is 4.50. The van der Waals surface area contributed by atoms with Crippen LogP contribution in [-0.4, -0.2) is 141 Å². The Balaban J connectivity index is -0.00000000286. The fraction of sp³-hybridized carbons (Fsp3) is 0. The molecule has 0 rings (SSSR count). The van der Waals surface area contributed by atoms with Gasteiger partial charge in [0.1, 0.15) is 0 Å². The molecule has 9 heteroatoms. The van der Waals surface area contributed by atoms with Crippen molar-refractivity contribution in [3.63, 3.8) is 0 Å². The molecule has 0 atom stereocenters. The first-order chi connectivity index (χ1) is 2.00. The molecule has 3 radical (unpaired) electrons. The molecule has 0 fully saturated rings. The molecular formula is H11AlBBaCaO4Si. The van der Waals surface area contributed by atoms with Crippen LogP contribution in [0, 0.1) is 0 Å². The van der Waals surface area contributed by atoms with Crippen LogP contribution in [0.5, 0.6) is 0 Å². The smallest absolute Gasteiger partial charge is 1.00 e. The summed E-state index contributed by atoms with van der Waals surface area (Å²) in [5.41, 5.74) is 0. The predicted octanol–water partition coefficient (Wildman–Crippen LogP) is -4.49. The third-order valence-corrected chi connectivity index (χ3v) is 0. The van der Waals surface area contributed by atoms with Crippen LogP contribution in [0.4, 0.5) is 0 Å². The molecule has 0 amide bonds. The van der Waals surface area contributed by atoms with Gasteiger partial charge in [0.2, 0.25) is 0 Å². The second-order valence-electron chi connectivity index (χ2n) is 0.600. The van der Waals surface area contributed by atoms with Crippen LogP contribution >= 0.6 is 0 Å². The molecule has 4 nitrogen and oxygen atoms in total. The van der Waals surface area contributed by atoms with E-state index < -0.39 is 9.05 Å². The average molecular weight is 318 g/mol. The first kappa shape index (κ1) is 29.4. The van der Waals surface area contributed by atoms with Crippen molar-refractivity contribution in [1.29, 1.82) is 0 Å². The van der Waals surface area contributed by atoms with Crippen molar-refractivity contribution in [2.75, 3.05) is 0 Å². The SMILES string of the molecule is O[Si](O)(O)O.[AlH3].[B].[Ba+2].[Ca+2].[H-].[H-].[H-].[H-]. The summed E-state index contributed by atoms with van der Waals surface area (Å²) in [6.07, 6.45) is 0. The van der Waals surface area contributed by atoms with Gasteiger partial charge in [0.15, 0.2) is 17.4 Å². The fourth-order valence-corrected chi connectivity index (χ4v) is 0. The Labute approximate surface area is 143 Å². The molecule has 0 aliphatic carbocycles. The molecule has 0 aliphatic heterocycles. The van der Waals surface area contributed by atoms with Crippen molar-refractivity contribution in [3.8, 4) is 0 Å². The molecule has 0 heterocycles. The van der Waals surface area contributed by atoms with Gasteiger partial charge in [-0.25, -0.2) is 0 Å². The summed E-state index contributed by atoms with van der Waals surface area (Å²) >= 11 is 0. The van der Waals surface area contributed by atoms with E-state index in [-0.39, 0.29) is 118 Å². The Morgan fingerprint density at radius 1 is 1.00 bits per heavy atom. The van der Waals surface area contributed by atoms with Gasteiger partial charge in [-0.2, -0.15) is 0 Å². The Bertz CT molecular complexity index is 47.6. The summed E-state index contributed by atoms with van der Waals surface area (Å²) in [6.45, 7) is 0. The van der Waals surface area contributed by atoms with Gasteiger partial charge in [0.25, 0.3) is 0 Å². The molecule has 0 aromatic heterocycles. The van der Waals surface area contributed by atoms with Crippen LogP contribution in [0.15, 0.2) is 0 Å². The summed E-state index contributed by atoms with van der Waals surface area (Å²) in [5, 5.41) is 0. The van der Waals surface area contributed by atoms with Crippen molar-refractivity contribution in [2.24, 2.45) is 0 Å². The quantitative estimate of drug-likeness (QED) is 0.340. The second kappa shape index (κ2) is 14.0. The molecule has 0 aromatic carbocycles. The second-order valence-corrected chi connectivity index (χ2v) is 1.80. The minimum Gasteiger partial charge on any atom is -1.00 e. The van der Waals surface area contributed by atoms with E-state index in [0.717, 1.165) is 0 Å². The molecule has 0 spiro atoms. The maximum Gasteiger partial charge on any atom is 2.00 e. The normalized spacial score (nSPS) is 6.67. The Morgan fingerprint density at radius 2 is 1.00 bits per heavy atom. The monoisotopic (exact) mass is 319 g/mol. The fourth-order valence-electron chi connectivity index (χ4n) is 0. The Kier molecular flexibility index (Phi) is 45.8. The molecule has 0 aliphatic rings. The summed E-state index contributed by atoms with van der Waals surface area (Å²) in [7, 11) is -4.61. The topological polar surface area (TPSA) is 80.9 Å². The van der Waals surface area contributed by atoms with Gasteiger partial charge >= 0.3 is 95.7 Å². The zero-order valence-corrected chi connectivity index (χ0v) is 11.9. The van der Waals surface area contributed by atoms with Crippen LogP contribution in [0.25, 0.3) is 0 Å². The zero-order valence-electron chi connectivity index (χ0n) is 8.28. The van der Waals surface area contributed by atoms with Crippen molar-refractivity contribution in [2.45, 2.75) is 0 Å². The Morgan fingerprint density at radius 3 is 1.00 bits per heavy atom. The van der Waals surface area contributed by atoms with E-state index >= 15 is 0 Å². The van der Waals surface area contributed by atoms with Crippen LogP contribution in [-0.2, 0) is 0 Å². The van der Waals surface area contributed by atoms with Crippen molar-refractivity contribution < 1.29 is 24.9 Å². The molecular weight excluding hydrogens is 307 g/mol. The van der Waals surface area contributed by atoms with Crippen molar-refractivity contribution in [3.05, 3.63) is 0 Å². The maximum atomic E-state index is 7.33. The minimum atomic E-state index is -4.61. The van der Waals surface area contributed by atoms with Gasteiger partial charge in [-0.3, -0.25) is 0 Å². The van der Waals surface area contributed by atoms with E-state index in [1.54, 1.807) is 0 Å². The van der Waals surface area contributed by atoms with Gasteiger partial charge in [-0.05, 0) is 0 Å². The summed E-state index contributed by atoms with van der Waals surface area (Å²) in [5.74, 6) is 0. The van der Waals surface area contributed by atoms with E-state index in [0.29, 0.717) is 0 Å². The van der Waals surface area contributed by atoms with Crippen LogP contribution in [0.1, 0.15) is 5.71 Å². The first-order valence-electron chi connectivity index (χ1n) is 0.894. The molecule has 49 valence electrons. The average Bonchev–Trinajstić information content (AvgIpc) is 0.722. The van der Waals surface area contributed by atoms with Gasteiger partial charge in [-0.15, -0.1) is 0 Å². The van der Waals surface area contributed by atoms with Crippen molar-refractivity contribution >= 4 is 121 Å². The summed E-state index contributed by atoms with van der Waals surface area (Å²) in [4.78, 5) is 29.3. The predicted molar refractivity (Wildman–Crippen MR) is 46.3 cm³/mol. The molecule has 0 saturated carbocycles. The maximum absolute atomic E-state index is 7.33. The van der Waals surface area contributed by atoms with E-state index in [1.165, 1.54) is 0 Å². The van der Waals surface area contributed by atoms with E-state index in [4.69, 9.17) is 19.2 Å². The summed E-state index contributed by atoms with van der Waals surface area (Å²) in [6, 6.07) is 0. The third kappa shape index (κ3) is 85.1. The number of hydrogen-bond acceptors (Lipinski definition) is 4. The molecule has 0 unspecified atom stereocenters. The molecule has 9 heavy (non-hydrogen) atoms. The largest absolute Gasteiger partial charge is 2.00 e. The first-order valence-corrected chi connectivity index (χ1v) is 2.68. The van der Waals surface area contributed by atoms with Crippen LogP contribution < -0.4 is 0 Å². The molecule has 0 aromatic rings. The van der Waals surface area contributed by atoms with Crippen LogP contribution in [0.2, 0.25) is 0 Å². The van der Waals surface area contributed by atoms with Gasteiger partial charge in [0.05, 0.1) is 0 Å². The molecule has 4 N–H and O–H groups in total. The molecule has 0 bridgehead atoms. The van der Waals surface area contributed by atoms with E-state index in [1.807, 2.05) is 0 Å². The van der Waals surface area contributed by atoms with Gasteiger partial charge in [-0.1, -0.05) is 0 Å². The van der Waals surface area contributed by atoms with Crippen molar-refractivity contribution in [1.82, 2.24) is 0 Å². The van der Waals surface area contributed by atoms with Gasteiger partial charge in [0, 0.05) is 8.41 Å². The number of hydrogen-bond donors (Lipinski definition) is 4. The van der Waals surface area contributed by atoms with Crippen LogP contribution in [0.3, 0.4) is 0 Å². The van der Waals surface area contributed by atoms with E-state index in [9.17, 15) is 0 Å². The Hall–Kier alpha value is 3.49. The standard InChI is InChI=1S/Al.B.Ba.Ca.H4O4Si.7H/c;;;;1-5(2,3)4;;;;;;;/h;;;;1-4H;;;;;;;/q;;2*+2;;;;;4*-1. The summed E-state index contributed by atoms with van der Waals surface area (Å²) < 4.78 is 0. The third-order valence-electron chi connectivity index (χ3n) is 0. The minimum absolute atomic E-state index is 0. The van der Waals surface area contributed by atoms with Gasteiger partial charge < -0.3 is 24.9 Å².